The van der Waals surface area contributed by atoms with Crippen LogP contribution in [0.4, 0.5) is 0 Å². The van der Waals surface area contributed by atoms with Crippen molar-refractivity contribution in [3.63, 3.8) is 0 Å². The highest BCUT2D eigenvalue weighted by Crippen LogP contribution is 2.29. The number of methoxy groups -OCH3 is 2. The molecule has 3 aromatic heterocycles. The van der Waals surface area contributed by atoms with Gasteiger partial charge in [-0.05, 0) is 48.5 Å². The van der Waals surface area contributed by atoms with Crippen LogP contribution in [0.5, 0.6) is 11.5 Å². The Hall–Kier alpha value is -5.64. The molecule has 0 atom stereocenters. The Morgan fingerprint density at radius 2 is 0.952 bits per heavy atom. The van der Waals surface area contributed by atoms with E-state index in [2.05, 4.69) is 9.97 Å². The van der Waals surface area contributed by atoms with Gasteiger partial charge in [0.25, 0.3) is 11.1 Å². The third-order valence-corrected chi connectivity index (χ3v) is 7.76. The fraction of sp³-hybridized carbons (Fsp3) is 0.125. The van der Waals surface area contributed by atoms with Crippen molar-refractivity contribution in [2.45, 2.75) is 0 Å². The first-order valence-corrected chi connectivity index (χ1v) is 13.3. The number of benzene rings is 4. The molecule has 7 aromatic rings. The largest absolute Gasteiger partial charge is 0.495 e. The van der Waals surface area contributed by atoms with E-state index in [0.29, 0.717) is 66.4 Å². The first kappa shape index (κ1) is 25.3. The topological polar surface area (TPSA) is 120 Å². The van der Waals surface area contributed by atoms with Crippen molar-refractivity contribution in [2.75, 3.05) is 14.2 Å². The van der Waals surface area contributed by atoms with Crippen LogP contribution < -0.4 is 20.6 Å². The van der Waals surface area contributed by atoms with Crippen LogP contribution in [0.3, 0.4) is 0 Å². The highest BCUT2D eigenvalue weighted by molar-refractivity contribution is 6.04. The number of imidazole rings is 2. The molecule has 0 amide bonds. The maximum Gasteiger partial charge on any atom is 0.258 e. The van der Waals surface area contributed by atoms with Crippen LogP contribution in [0.1, 0.15) is 0 Å². The summed E-state index contributed by atoms with van der Waals surface area (Å²) in [5.41, 5.74) is 3.88. The minimum atomic E-state index is -0.346. The minimum Gasteiger partial charge on any atom is -0.495 e. The third-order valence-electron chi connectivity index (χ3n) is 7.76. The van der Waals surface area contributed by atoms with E-state index in [0.717, 1.165) is 11.0 Å². The van der Waals surface area contributed by atoms with Crippen LogP contribution in [0.15, 0.2) is 82.4 Å². The SMILES string of the molecule is COc1cccc2c1[nH]c(=O)c1cccc3c1nc(c1cccc(OC)c1[nH]c(=O)c1cccc4c1nc2n4C)n3C. The van der Waals surface area contributed by atoms with Crippen molar-refractivity contribution in [2.24, 2.45) is 14.1 Å². The van der Waals surface area contributed by atoms with Crippen molar-refractivity contribution in [1.82, 2.24) is 29.1 Å². The van der Waals surface area contributed by atoms with E-state index in [1.54, 1.807) is 38.5 Å². The fourth-order valence-corrected chi connectivity index (χ4v) is 5.67. The summed E-state index contributed by atoms with van der Waals surface area (Å²) < 4.78 is 15.1. The lowest BCUT2D eigenvalue weighted by Gasteiger charge is -2.04. The third kappa shape index (κ3) is 3.65. The summed E-state index contributed by atoms with van der Waals surface area (Å²) in [6, 6.07) is 21.9. The van der Waals surface area contributed by atoms with Gasteiger partial charge in [-0.1, -0.05) is 24.3 Å². The van der Waals surface area contributed by atoms with Gasteiger partial charge >= 0.3 is 0 Å². The molecule has 0 aliphatic carbocycles. The van der Waals surface area contributed by atoms with Crippen molar-refractivity contribution in [1.29, 1.82) is 0 Å². The van der Waals surface area contributed by atoms with Crippen molar-refractivity contribution >= 4 is 65.9 Å². The summed E-state index contributed by atoms with van der Waals surface area (Å²) in [6.45, 7) is 0. The molecule has 208 valence electrons. The second-order valence-corrected chi connectivity index (χ2v) is 10.0. The monoisotopic (exact) mass is 558 g/mol. The second-order valence-electron chi connectivity index (χ2n) is 10.0. The molecular weight excluding hydrogens is 532 g/mol. The van der Waals surface area contributed by atoms with Crippen molar-refractivity contribution < 1.29 is 9.47 Å². The quantitative estimate of drug-likeness (QED) is 0.303. The van der Waals surface area contributed by atoms with Gasteiger partial charge in [0.1, 0.15) is 33.8 Å². The minimum absolute atomic E-state index is 0.346. The van der Waals surface area contributed by atoms with Crippen LogP contribution >= 0.6 is 0 Å². The molecule has 3 heterocycles. The number of nitrogens with one attached hydrogen (secondary N) is 2. The Labute approximate surface area is 237 Å². The van der Waals surface area contributed by atoms with E-state index in [9.17, 15) is 9.59 Å². The summed E-state index contributed by atoms with van der Waals surface area (Å²) in [7, 11) is 6.85. The molecular formula is C32H26N6O4. The van der Waals surface area contributed by atoms with Gasteiger partial charge in [-0.25, -0.2) is 9.97 Å². The maximum absolute atomic E-state index is 13.9. The standard InChI is InChI=1S/C32H26N6O4/c1-37-21-13-5-11-19-25(21)33-29(37)17-9-7-15-23(41-3)27(17)35-32(40)20-12-6-14-22-26(20)34-30(38(22)2)18-10-8-16-24(42-4)28(18)36-31(19)39/h5-16H,1-4H3,(H,35,40)(H,36,39). The average molecular weight is 559 g/mol. The van der Waals surface area contributed by atoms with E-state index >= 15 is 0 Å². The Bertz CT molecular complexity index is 2290. The van der Waals surface area contributed by atoms with Crippen LogP contribution in [0, 0.1) is 0 Å². The Kier molecular flexibility index (Phi) is 5.72. The lowest BCUT2D eigenvalue weighted by atomic mass is 10.2. The molecule has 10 heteroatoms. The number of hydrogen-bond acceptors (Lipinski definition) is 6. The number of hydrogen-bond donors (Lipinski definition) is 2. The number of fused-ring (bicyclic) bond motifs is 6. The molecule has 2 N–H and O–H groups in total. The van der Waals surface area contributed by atoms with Crippen molar-refractivity contribution in [3.8, 4) is 11.5 Å². The Morgan fingerprint density at radius 3 is 1.36 bits per heavy atom. The highest BCUT2D eigenvalue weighted by atomic mass is 16.5. The molecule has 10 nitrogen and oxygen atoms in total. The van der Waals surface area contributed by atoms with E-state index < -0.39 is 0 Å². The van der Waals surface area contributed by atoms with E-state index in [1.807, 2.05) is 71.8 Å². The summed E-state index contributed by atoms with van der Waals surface area (Å²) in [4.78, 5) is 43.9. The van der Waals surface area contributed by atoms with Gasteiger partial charge in [-0.3, -0.25) is 9.59 Å². The second kappa shape index (κ2) is 9.48. The average Bonchev–Trinajstić information content (AvgIpc) is 3.53. The Balaban J connectivity index is 1.87. The number of H-pyrrole nitrogens is 2. The summed E-state index contributed by atoms with van der Waals surface area (Å²) >= 11 is 0. The predicted octanol–water partition coefficient (Wildman–Crippen LogP) is 5.15. The highest BCUT2D eigenvalue weighted by Gasteiger charge is 2.14. The zero-order valence-corrected chi connectivity index (χ0v) is 23.4. The van der Waals surface area contributed by atoms with Gasteiger partial charge in [-0.2, -0.15) is 0 Å². The zero-order valence-electron chi connectivity index (χ0n) is 23.4. The van der Waals surface area contributed by atoms with Crippen LogP contribution in [0.25, 0.3) is 65.9 Å². The lowest BCUT2D eigenvalue weighted by molar-refractivity contribution is 0.419. The molecule has 0 saturated heterocycles. The number of para-hydroxylation sites is 4. The maximum atomic E-state index is 13.9. The van der Waals surface area contributed by atoms with E-state index in [4.69, 9.17) is 19.4 Å². The lowest BCUT2D eigenvalue weighted by Crippen LogP contribution is -2.04. The summed E-state index contributed by atoms with van der Waals surface area (Å²) in [5.74, 6) is 0.948. The molecule has 0 aliphatic rings. The molecule has 0 radical (unpaired) electrons. The molecule has 0 saturated carbocycles. The molecule has 0 fully saturated rings. The molecule has 0 spiro atoms. The predicted molar refractivity (Wildman–Crippen MR) is 166 cm³/mol. The number of aromatic nitrogens is 6. The first-order valence-electron chi connectivity index (χ1n) is 13.3. The van der Waals surface area contributed by atoms with Crippen LogP contribution in [-0.2, 0) is 14.1 Å². The number of ether oxygens (including phenoxy) is 2. The molecule has 0 aliphatic heterocycles. The van der Waals surface area contributed by atoms with Crippen LogP contribution in [0.2, 0.25) is 0 Å². The number of rotatable bonds is 2. The normalized spacial score (nSPS) is 11.5. The van der Waals surface area contributed by atoms with Gasteiger partial charge in [0.2, 0.25) is 0 Å². The first-order chi connectivity index (χ1) is 20.4. The van der Waals surface area contributed by atoms with E-state index in [1.165, 1.54) is 0 Å². The summed E-state index contributed by atoms with van der Waals surface area (Å²) in [6.07, 6.45) is 0. The number of aryl methyl sites for hydroxylation is 2. The molecule has 0 unspecified atom stereocenters. The van der Waals surface area contributed by atoms with Gasteiger partial charge in [0.05, 0.1) is 47.1 Å². The number of aromatic amines is 2. The van der Waals surface area contributed by atoms with Gasteiger partial charge < -0.3 is 28.6 Å². The molecule has 42 heavy (non-hydrogen) atoms. The Morgan fingerprint density at radius 1 is 0.571 bits per heavy atom. The molecule has 4 bridgehead atoms. The van der Waals surface area contributed by atoms with Gasteiger partial charge in [0, 0.05) is 24.9 Å². The summed E-state index contributed by atoms with van der Waals surface area (Å²) in [5, 5.41) is 2.06. The van der Waals surface area contributed by atoms with E-state index in [-0.39, 0.29) is 11.1 Å². The molecule has 4 aromatic carbocycles. The fourth-order valence-electron chi connectivity index (χ4n) is 5.67. The van der Waals surface area contributed by atoms with Gasteiger partial charge in [0.15, 0.2) is 0 Å². The number of nitrogens with zero attached hydrogens (tertiary/aromatic N) is 4. The zero-order chi connectivity index (χ0) is 29.1. The van der Waals surface area contributed by atoms with Crippen molar-refractivity contribution in [3.05, 3.63) is 93.5 Å². The molecule has 7 rings (SSSR count). The van der Waals surface area contributed by atoms with Gasteiger partial charge in [-0.15, -0.1) is 0 Å². The van der Waals surface area contributed by atoms with Crippen LogP contribution in [-0.4, -0.2) is 43.3 Å². The smallest absolute Gasteiger partial charge is 0.258 e.